The second kappa shape index (κ2) is 5.26. The van der Waals surface area contributed by atoms with Crippen molar-refractivity contribution in [1.82, 2.24) is 30.3 Å². The van der Waals surface area contributed by atoms with E-state index in [4.69, 9.17) is 0 Å². The summed E-state index contributed by atoms with van der Waals surface area (Å²) in [5, 5.41) is 14.8. The van der Waals surface area contributed by atoms with E-state index in [0.29, 0.717) is 30.1 Å². The summed E-state index contributed by atoms with van der Waals surface area (Å²) in [7, 11) is 0. The fourth-order valence-corrected chi connectivity index (χ4v) is 3.04. The van der Waals surface area contributed by atoms with Crippen LogP contribution in [0.4, 0.5) is 19.0 Å². The number of nitrogens with one attached hydrogen (secondary N) is 1. The zero-order valence-corrected chi connectivity index (χ0v) is 12.8. The fraction of sp³-hybridized carbons (Fsp3) is 0.429. The van der Waals surface area contributed by atoms with E-state index >= 15 is 0 Å². The van der Waals surface area contributed by atoms with Crippen molar-refractivity contribution >= 4 is 22.5 Å². The molecule has 1 aliphatic rings. The number of anilines is 1. The Kier molecular flexibility index (Phi) is 3.30. The summed E-state index contributed by atoms with van der Waals surface area (Å²) < 4.78 is 41.0. The lowest BCUT2D eigenvalue weighted by Crippen LogP contribution is -2.44. The number of aryl methyl sites for hydroxylation is 1. The lowest BCUT2D eigenvalue weighted by molar-refractivity contribution is -0.137. The Labute approximate surface area is 134 Å². The standard InChI is InChI=1S/C14H14F3N7/c1-8-9(14(15,16)17)2-3-10-11(8)19-12(13-20-21-22-24(10)13)23-6-4-18-5-7-23/h2-3,18H,4-7H2,1H3. The minimum absolute atomic E-state index is 0.0776. The Bertz CT molecular complexity index is 912. The molecule has 1 fully saturated rings. The van der Waals surface area contributed by atoms with Gasteiger partial charge in [-0.25, -0.2) is 4.98 Å². The van der Waals surface area contributed by atoms with Gasteiger partial charge < -0.3 is 10.2 Å². The van der Waals surface area contributed by atoms with Gasteiger partial charge in [0.2, 0.25) is 5.65 Å². The van der Waals surface area contributed by atoms with Gasteiger partial charge in [-0.15, -0.1) is 5.10 Å². The number of benzene rings is 1. The number of aromatic nitrogens is 5. The van der Waals surface area contributed by atoms with Gasteiger partial charge in [0.05, 0.1) is 16.6 Å². The quantitative estimate of drug-likeness (QED) is 0.724. The summed E-state index contributed by atoms with van der Waals surface area (Å²) in [6.45, 7) is 4.36. The second-order valence-electron chi connectivity index (χ2n) is 5.69. The minimum atomic E-state index is -4.43. The van der Waals surface area contributed by atoms with Crippen molar-refractivity contribution in [1.29, 1.82) is 0 Å². The van der Waals surface area contributed by atoms with Gasteiger partial charge in [0.15, 0.2) is 5.82 Å². The summed E-state index contributed by atoms with van der Waals surface area (Å²) in [5.74, 6) is 0.511. The van der Waals surface area contributed by atoms with Gasteiger partial charge in [0, 0.05) is 26.2 Å². The van der Waals surface area contributed by atoms with Crippen molar-refractivity contribution < 1.29 is 13.2 Å². The Balaban J connectivity index is 2.01. The number of hydrogen-bond donors (Lipinski definition) is 1. The summed E-state index contributed by atoms with van der Waals surface area (Å²) in [6.07, 6.45) is -4.43. The first-order valence-electron chi connectivity index (χ1n) is 7.51. The molecule has 1 saturated heterocycles. The fourth-order valence-electron chi connectivity index (χ4n) is 3.04. The van der Waals surface area contributed by atoms with Crippen LogP contribution in [0.5, 0.6) is 0 Å². The maximum absolute atomic E-state index is 13.2. The third-order valence-electron chi connectivity index (χ3n) is 4.25. The SMILES string of the molecule is Cc1c(C(F)(F)F)ccc2c1nc(N1CCNCC1)c1nnnn12. The lowest BCUT2D eigenvalue weighted by atomic mass is 10.1. The number of rotatable bonds is 1. The molecule has 3 aromatic rings. The molecule has 0 bridgehead atoms. The van der Waals surface area contributed by atoms with E-state index in [1.54, 1.807) is 0 Å². The van der Waals surface area contributed by atoms with E-state index in [1.165, 1.54) is 17.5 Å². The van der Waals surface area contributed by atoms with Crippen molar-refractivity contribution in [3.05, 3.63) is 23.3 Å². The van der Waals surface area contributed by atoms with Gasteiger partial charge in [-0.3, -0.25) is 0 Å². The van der Waals surface area contributed by atoms with E-state index < -0.39 is 11.7 Å². The first-order chi connectivity index (χ1) is 11.5. The zero-order chi connectivity index (χ0) is 16.9. The maximum atomic E-state index is 13.2. The molecule has 24 heavy (non-hydrogen) atoms. The Morgan fingerprint density at radius 3 is 2.62 bits per heavy atom. The predicted molar refractivity (Wildman–Crippen MR) is 80.9 cm³/mol. The minimum Gasteiger partial charge on any atom is -0.351 e. The molecule has 3 heterocycles. The van der Waals surface area contributed by atoms with Crippen LogP contribution in [0, 0.1) is 6.92 Å². The number of tetrazole rings is 1. The first-order valence-corrected chi connectivity index (χ1v) is 7.51. The third kappa shape index (κ3) is 2.25. The van der Waals surface area contributed by atoms with Gasteiger partial charge in [-0.2, -0.15) is 17.7 Å². The maximum Gasteiger partial charge on any atom is 0.416 e. The molecule has 0 aliphatic carbocycles. The lowest BCUT2D eigenvalue weighted by Gasteiger charge is -2.28. The van der Waals surface area contributed by atoms with Gasteiger partial charge in [-0.05, 0) is 35.0 Å². The topological polar surface area (TPSA) is 71.2 Å². The average Bonchev–Trinajstić information content (AvgIpc) is 3.04. The molecule has 4 rings (SSSR count). The van der Waals surface area contributed by atoms with E-state index in [1.807, 2.05) is 4.90 Å². The van der Waals surface area contributed by atoms with Crippen molar-refractivity contribution in [3.8, 4) is 0 Å². The molecule has 0 unspecified atom stereocenters. The Hall–Kier alpha value is -2.49. The zero-order valence-electron chi connectivity index (χ0n) is 12.8. The number of fused-ring (bicyclic) bond motifs is 3. The molecule has 0 atom stereocenters. The predicted octanol–water partition coefficient (Wildman–Crippen LogP) is 1.41. The highest BCUT2D eigenvalue weighted by molar-refractivity contribution is 5.85. The van der Waals surface area contributed by atoms with Gasteiger partial charge in [0.1, 0.15) is 0 Å². The molecular formula is C14H14F3N7. The van der Waals surface area contributed by atoms with Crippen molar-refractivity contribution in [3.63, 3.8) is 0 Å². The normalized spacial score (nSPS) is 16.2. The molecule has 2 aromatic heterocycles. The van der Waals surface area contributed by atoms with Gasteiger partial charge in [0.25, 0.3) is 0 Å². The molecule has 1 aliphatic heterocycles. The van der Waals surface area contributed by atoms with Crippen LogP contribution < -0.4 is 10.2 Å². The summed E-state index contributed by atoms with van der Waals surface area (Å²) >= 11 is 0. The van der Waals surface area contributed by atoms with E-state index in [-0.39, 0.29) is 11.1 Å². The number of alkyl halides is 3. The molecular weight excluding hydrogens is 323 g/mol. The average molecular weight is 337 g/mol. The highest BCUT2D eigenvalue weighted by Crippen LogP contribution is 2.35. The molecule has 1 N–H and O–H groups in total. The smallest absolute Gasteiger partial charge is 0.351 e. The molecule has 0 radical (unpaired) electrons. The highest BCUT2D eigenvalue weighted by atomic mass is 19.4. The Morgan fingerprint density at radius 1 is 1.17 bits per heavy atom. The Morgan fingerprint density at radius 2 is 1.92 bits per heavy atom. The van der Waals surface area contributed by atoms with Crippen molar-refractivity contribution in [2.45, 2.75) is 13.1 Å². The van der Waals surface area contributed by atoms with Crippen LogP contribution in [0.15, 0.2) is 12.1 Å². The van der Waals surface area contributed by atoms with E-state index in [2.05, 4.69) is 25.8 Å². The van der Waals surface area contributed by atoms with Crippen LogP contribution in [0.3, 0.4) is 0 Å². The van der Waals surface area contributed by atoms with Crippen LogP contribution in [-0.2, 0) is 6.18 Å². The van der Waals surface area contributed by atoms with Gasteiger partial charge in [-0.1, -0.05) is 0 Å². The van der Waals surface area contributed by atoms with Crippen LogP contribution in [0.2, 0.25) is 0 Å². The van der Waals surface area contributed by atoms with E-state index in [0.717, 1.165) is 19.2 Å². The number of hydrogen-bond acceptors (Lipinski definition) is 6. The van der Waals surface area contributed by atoms with Crippen molar-refractivity contribution in [2.24, 2.45) is 0 Å². The van der Waals surface area contributed by atoms with Crippen LogP contribution in [0.25, 0.3) is 16.7 Å². The number of nitrogens with zero attached hydrogens (tertiary/aromatic N) is 6. The molecule has 10 heteroatoms. The number of halogens is 3. The second-order valence-corrected chi connectivity index (χ2v) is 5.69. The van der Waals surface area contributed by atoms with E-state index in [9.17, 15) is 13.2 Å². The van der Waals surface area contributed by atoms with Gasteiger partial charge >= 0.3 is 6.18 Å². The van der Waals surface area contributed by atoms with Crippen LogP contribution >= 0.6 is 0 Å². The molecule has 1 aromatic carbocycles. The highest BCUT2D eigenvalue weighted by Gasteiger charge is 2.33. The molecule has 0 spiro atoms. The largest absolute Gasteiger partial charge is 0.416 e. The van der Waals surface area contributed by atoms with Crippen molar-refractivity contribution in [2.75, 3.05) is 31.1 Å². The molecule has 7 nitrogen and oxygen atoms in total. The summed E-state index contributed by atoms with van der Waals surface area (Å²) in [5.41, 5.74) is 0.552. The van der Waals surface area contributed by atoms with Crippen LogP contribution in [-0.4, -0.2) is 51.2 Å². The molecule has 126 valence electrons. The van der Waals surface area contributed by atoms with Crippen LogP contribution in [0.1, 0.15) is 11.1 Å². The molecule has 0 saturated carbocycles. The summed E-state index contributed by atoms with van der Waals surface area (Å²) in [6, 6.07) is 2.41. The first kappa shape index (κ1) is 15.1. The molecule has 0 amide bonds. The third-order valence-corrected chi connectivity index (χ3v) is 4.25. The number of piperazine rings is 1. The summed E-state index contributed by atoms with van der Waals surface area (Å²) in [4.78, 5) is 6.50. The monoisotopic (exact) mass is 337 g/mol.